The highest BCUT2D eigenvalue weighted by molar-refractivity contribution is 7.71. The molecule has 0 radical (unpaired) electrons. The molecular weight excluding hydrogens is 348 g/mol. The zero-order valence-electron chi connectivity index (χ0n) is 14.1. The molecule has 0 spiro atoms. The van der Waals surface area contributed by atoms with E-state index in [2.05, 4.69) is 33.4 Å². The number of aromatic nitrogens is 2. The minimum atomic E-state index is -0.692. The fourth-order valence-electron chi connectivity index (χ4n) is 3.95. The van der Waals surface area contributed by atoms with Gasteiger partial charge in [0.15, 0.2) is 10.6 Å². The smallest absolute Gasteiger partial charge is 0.218 e. The minimum Gasteiger partial charge on any atom is -0.343 e. The van der Waals surface area contributed by atoms with E-state index in [0.717, 1.165) is 11.0 Å². The van der Waals surface area contributed by atoms with Crippen molar-refractivity contribution in [1.29, 1.82) is 0 Å². The van der Waals surface area contributed by atoms with Crippen LogP contribution in [0.5, 0.6) is 0 Å². The fraction of sp³-hybridized carbons (Fsp3) is 0.300. The molecule has 2 fully saturated rings. The Balaban J connectivity index is 1.65. The summed E-state index contributed by atoms with van der Waals surface area (Å²) in [4.78, 5) is 12.3. The Bertz CT molecular complexity index is 1040. The first-order valence-electron chi connectivity index (χ1n) is 8.76. The molecule has 3 aromatic rings. The number of imidazole rings is 1. The molecule has 2 aliphatic heterocycles. The molecule has 5 rings (SSSR count). The first-order chi connectivity index (χ1) is 12.7. The monoisotopic (exact) mass is 366 g/mol. The summed E-state index contributed by atoms with van der Waals surface area (Å²) in [5.74, 6) is -0.00876. The van der Waals surface area contributed by atoms with E-state index in [1.807, 2.05) is 30.3 Å². The average molecular weight is 366 g/mol. The lowest BCUT2D eigenvalue weighted by Crippen LogP contribution is -2.37. The Labute approximate surface area is 155 Å². The Morgan fingerprint density at radius 2 is 1.77 bits per heavy atom. The van der Waals surface area contributed by atoms with Gasteiger partial charge in [0.2, 0.25) is 6.29 Å². The number of ketones is 1. The molecule has 2 aromatic carbocycles. The molecule has 0 saturated carbocycles. The van der Waals surface area contributed by atoms with E-state index in [0.29, 0.717) is 24.3 Å². The molecule has 5 nitrogen and oxygen atoms in total. The maximum absolute atomic E-state index is 12.3. The van der Waals surface area contributed by atoms with Crippen LogP contribution in [-0.2, 0) is 20.8 Å². The van der Waals surface area contributed by atoms with E-state index < -0.39 is 6.29 Å². The van der Waals surface area contributed by atoms with Gasteiger partial charge >= 0.3 is 0 Å². The van der Waals surface area contributed by atoms with Crippen LogP contribution in [0.15, 0.2) is 54.6 Å². The first kappa shape index (κ1) is 15.9. The summed E-state index contributed by atoms with van der Waals surface area (Å²) in [5, 5.41) is 0. The van der Waals surface area contributed by atoms with Gasteiger partial charge in [0.1, 0.15) is 6.10 Å². The Hall–Kier alpha value is -2.28. The van der Waals surface area contributed by atoms with Crippen LogP contribution in [0.2, 0.25) is 0 Å². The van der Waals surface area contributed by atoms with Gasteiger partial charge in [0.05, 0.1) is 30.2 Å². The molecule has 6 heteroatoms. The maximum atomic E-state index is 12.3. The third-order valence-corrected chi connectivity index (χ3v) is 5.61. The molecular formula is C20H18N2O3S. The molecule has 3 heterocycles. The number of rotatable bonds is 3. The Kier molecular flexibility index (Phi) is 3.77. The van der Waals surface area contributed by atoms with E-state index in [1.165, 1.54) is 5.56 Å². The maximum Gasteiger partial charge on any atom is 0.218 e. The third-order valence-electron chi connectivity index (χ3n) is 5.20. The quantitative estimate of drug-likeness (QED) is 0.666. The number of para-hydroxylation sites is 2. The van der Waals surface area contributed by atoms with Crippen molar-refractivity contribution in [3.05, 3.63) is 64.9 Å². The van der Waals surface area contributed by atoms with Crippen molar-refractivity contribution in [3.63, 3.8) is 0 Å². The summed E-state index contributed by atoms with van der Waals surface area (Å²) in [5.41, 5.74) is 3.28. The molecule has 3 atom stereocenters. The van der Waals surface area contributed by atoms with Crippen LogP contribution in [0.3, 0.4) is 0 Å². The highest BCUT2D eigenvalue weighted by atomic mass is 32.1. The van der Waals surface area contributed by atoms with Crippen molar-refractivity contribution in [2.45, 2.75) is 31.4 Å². The normalized spacial score (nSPS) is 25.1. The highest BCUT2D eigenvalue weighted by Gasteiger charge is 2.44. The average Bonchev–Trinajstić information content (AvgIpc) is 3.21. The molecule has 0 amide bonds. The predicted molar refractivity (Wildman–Crippen MR) is 99.6 cm³/mol. The predicted octanol–water partition coefficient (Wildman–Crippen LogP) is 3.48. The molecule has 0 aliphatic carbocycles. The van der Waals surface area contributed by atoms with Crippen LogP contribution in [0.1, 0.15) is 18.0 Å². The zero-order valence-corrected chi connectivity index (χ0v) is 14.9. The van der Waals surface area contributed by atoms with Crippen LogP contribution < -0.4 is 0 Å². The second kappa shape index (κ2) is 6.16. The van der Waals surface area contributed by atoms with Gasteiger partial charge in [0.25, 0.3) is 0 Å². The zero-order chi connectivity index (χ0) is 17.7. The highest BCUT2D eigenvalue weighted by Crippen LogP contribution is 2.36. The summed E-state index contributed by atoms with van der Waals surface area (Å²) in [6.07, 6.45) is -0.438. The molecule has 26 heavy (non-hydrogen) atoms. The Morgan fingerprint density at radius 3 is 2.58 bits per heavy atom. The van der Waals surface area contributed by atoms with Crippen LogP contribution in [0.4, 0.5) is 0 Å². The van der Waals surface area contributed by atoms with Gasteiger partial charge in [-0.25, -0.2) is 0 Å². The molecule has 132 valence electrons. The van der Waals surface area contributed by atoms with E-state index in [4.69, 9.17) is 21.7 Å². The summed E-state index contributed by atoms with van der Waals surface area (Å²) in [6.45, 7) is 1.12. The second-order valence-electron chi connectivity index (χ2n) is 6.79. The number of carbonyl (C=O) groups is 1. The van der Waals surface area contributed by atoms with Crippen LogP contribution in [-0.4, -0.2) is 33.9 Å². The van der Waals surface area contributed by atoms with Gasteiger partial charge in [-0.05, 0) is 29.9 Å². The summed E-state index contributed by atoms with van der Waals surface area (Å²) in [6, 6.07) is 18.3. The number of hydrogen-bond acceptors (Lipinski definition) is 4. The third kappa shape index (κ3) is 2.45. The van der Waals surface area contributed by atoms with Crippen molar-refractivity contribution in [2.75, 3.05) is 6.61 Å². The second-order valence-corrected chi connectivity index (χ2v) is 7.16. The number of benzene rings is 2. The molecule has 0 N–H and O–H groups in total. The summed E-state index contributed by atoms with van der Waals surface area (Å²) >= 11 is 5.84. The van der Waals surface area contributed by atoms with Crippen molar-refractivity contribution in [2.24, 2.45) is 0 Å². The number of hydrogen-bond donors (Lipinski definition) is 0. The lowest BCUT2D eigenvalue weighted by Gasteiger charge is -2.28. The molecule has 2 saturated heterocycles. The van der Waals surface area contributed by atoms with Crippen LogP contribution in [0.25, 0.3) is 11.0 Å². The standard InChI is InChI=1S/C20H18N2O3S/c23-17-10-16(18-12-24-19(17)25-18)22-15-9-5-4-8-14(15)21(20(22)26)11-13-6-2-1-3-7-13/h1-9,16,18-19H,10-12H2/t16-,18-,19-/m1/s1. The topological polar surface area (TPSA) is 45.4 Å². The lowest BCUT2D eigenvalue weighted by molar-refractivity contribution is -0.156. The van der Waals surface area contributed by atoms with Crippen LogP contribution >= 0.6 is 12.2 Å². The number of nitrogens with zero attached hydrogens (tertiary/aromatic N) is 2. The van der Waals surface area contributed by atoms with Gasteiger partial charge in [-0.15, -0.1) is 0 Å². The van der Waals surface area contributed by atoms with E-state index >= 15 is 0 Å². The molecule has 2 aliphatic rings. The van der Waals surface area contributed by atoms with E-state index in [9.17, 15) is 4.79 Å². The van der Waals surface area contributed by atoms with Gasteiger partial charge in [-0.3, -0.25) is 4.79 Å². The first-order valence-corrected chi connectivity index (χ1v) is 9.16. The van der Waals surface area contributed by atoms with Crippen molar-refractivity contribution in [1.82, 2.24) is 9.13 Å². The van der Waals surface area contributed by atoms with Gasteiger partial charge in [-0.2, -0.15) is 0 Å². The van der Waals surface area contributed by atoms with E-state index in [1.54, 1.807) is 0 Å². The molecule has 1 aromatic heterocycles. The van der Waals surface area contributed by atoms with E-state index in [-0.39, 0.29) is 17.9 Å². The van der Waals surface area contributed by atoms with Gasteiger partial charge in [0, 0.05) is 6.42 Å². The minimum absolute atomic E-state index is 0.00876. The molecule has 0 unspecified atom stereocenters. The lowest BCUT2D eigenvalue weighted by atomic mass is 10.0. The summed E-state index contributed by atoms with van der Waals surface area (Å²) in [7, 11) is 0. The largest absolute Gasteiger partial charge is 0.343 e. The van der Waals surface area contributed by atoms with Crippen molar-refractivity contribution < 1.29 is 14.3 Å². The molecule has 2 bridgehead atoms. The number of ether oxygens (including phenoxy) is 2. The number of carbonyl (C=O) groups excluding carboxylic acids is 1. The SMILES string of the molecule is O=C1C[C@@H](n2c(=S)n(Cc3ccccc3)c3ccccc32)[C@H]2CO[C@@H]1O2. The van der Waals surface area contributed by atoms with Crippen LogP contribution in [0, 0.1) is 4.77 Å². The van der Waals surface area contributed by atoms with Gasteiger partial charge < -0.3 is 18.6 Å². The number of Topliss-reactive ketones (excluding diaryl/α,β-unsaturated/α-hetero) is 1. The fourth-order valence-corrected chi connectivity index (χ4v) is 4.35. The van der Waals surface area contributed by atoms with Crippen molar-refractivity contribution in [3.8, 4) is 0 Å². The Morgan fingerprint density at radius 1 is 1.04 bits per heavy atom. The van der Waals surface area contributed by atoms with Gasteiger partial charge in [-0.1, -0.05) is 42.5 Å². The van der Waals surface area contributed by atoms with Crippen molar-refractivity contribution >= 4 is 29.0 Å². The number of fused-ring (bicyclic) bond motifs is 3. The summed E-state index contributed by atoms with van der Waals surface area (Å²) < 4.78 is 16.2.